The molecule has 0 aromatic rings. The SMILES string of the molecule is C=CCCNC(=O)OCC1(C(C)=O)CC=CCC1. The minimum Gasteiger partial charge on any atom is -0.448 e. The second-order valence-corrected chi connectivity index (χ2v) is 4.63. The number of alkyl carbamates (subject to hydrolysis) is 1. The summed E-state index contributed by atoms with van der Waals surface area (Å²) in [5.74, 6) is 0.0886. The van der Waals surface area contributed by atoms with Gasteiger partial charge in [-0.05, 0) is 32.6 Å². The van der Waals surface area contributed by atoms with Crippen LogP contribution in [0.1, 0.15) is 32.6 Å². The normalized spacial score (nSPS) is 22.3. The van der Waals surface area contributed by atoms with Crippen LogP contribution in [0, 0.1) is 5.41 Å². The Kier molecular flexibility index (Phi) is 5.62. The highest BCUT2D eigenvalue weighted by Gasteiger charge is 2.36. The van der Waals surface area contributed by atoms with Gasteiger partial charge in [-0.25, -0.2) is 4.79 Å². The molecule has 1 unspecified atom stereocenters. The van der Waals surface area contributed by atoms with Gasteiger partial charge in [0.2, 0.25) is 0 Å². The van der Waals surface area contributed by atoms with Gasteiger partial charge in [0.25, 0.3) is 0 Å². The summed E-state index contributed by atoms with van der Waals surface area (Å²) in [6.45, 7) is 5.80. The lowest BCUT2D eigenvalue weighted by Crippen LogP contribution is -2.38. The second kappa shape index (κ2) is 6.99. The molecule has 0 spiro atoms. The number of allylic oxidation sites excluding steroid dienone is 2. The Bertz CT molecular complexity index is 349. The van der Waals surface area contributed by atoms with Crippen molar-refractivity contribution in [1.29, 1.82) is 0 Å². The van der Waals surface area contributed by atoms with E-state index in [2.05, 4.69) is 18.0 Å². The van der Waals surface area contributed by atoms with Crippen LogP contribution in [0.3, 0.4) is 0 Å². The van der Waals surface area contributed by atoms with Crippen molar-refractivity contribution in [2.45, 2.75) is 32.6 Å². The highest BCUT2D eigenvalue weighted by molar-refractivity contribution is 5.83. The van der Waals surface area contributed by atoms with Crippen molar-refractivity contribution in [2.24, 2.45) is 5.41 Å². The molecule has 4 nitrogen and oxygen atoms in total. The average Bonchev–Trinajstić information content (AvgIpc) is 2.37. The topological polar surface area (TPSA) is 55.4 Å². The number of hydrogen-bond donors (Lipinski definition) is 1. The van der Waals surface area contributed by atoms with Crippen LogP contribution in [-0.4, -0.2) is 25.0 Å². The number of ketones is 1. The average molecular weight is 251 g/mol. The van der Waals surface area contributed by atoms with Gasteiger partial charge in [-0.2, -0.15) is 0 Å². The minimum absolute atomic E-state index is 0.0886. The number of ether oxygens (including phenoxy) is 1. The Hall–Kier alpha value is -1.58. The number of hydrogen-bond acceptors (Lipinski definition) is 3. The number of rotatable bonds is 6. The predicted octanol–water partition coefficient (Wildman–Crippen LogP) is 2.60. The van der Waals surface area contributed by atoms with Crippen LogP contribution >= 0.6 is 0 Å². The van der Waals surface area contributed by atoms with Gasteiger partial charge in [-0.1, -0.05) is 18.2 Å². The molecular weight excluding hydrogens is 230 g/mol. The maximum atomic E-state index is 11.7. The van der Waals surface area contributed by atoms with Gasteiger partial charge >= 0.3 is 6.09 Å². The van der Waals surface area contributed by atoms with Gasteiger partial charge in [-0.3, -0.25) is 4.79 Å². The van der Waals surface area contributed by atoms with Crippen molar-refractivity contribution < 1.29 is 14.3 Å². The molecule has 0 saturated carbocycles. The Morgan fingerprint density at radius 3 is 2.83 bits per heavy atom. The van der Waals surface area contributed by atoms with Gasteiger partial charge < -0.3 is 10.1 Å². The minimum atomic E-state index is -0.523. The molecule has 1 aliphatic carbocycles. The highest BCUT2D eigenvalue weighted by atomic mass is 16.5. The molecule has 1 rings (SSSR count). The predicted molar refractivity (Wildman–Crippen MR) is 70.3 cm³/mol. The number of nitrogens with one attached hydrogen (secondary N) is 1. The Morgan fingerprint density at radius 1 is 1.50 bits per heavy atom. The molecule has 0 aromatic carbocycles. The van der Waals surface area contributed by atoms with E-state index in [4.69, 9.17) is 4.74 Å². The van der Waals surface area contributed by atoms with E-state index in [-0.39, 0.29) is 12.4 Å². The Morgan fingerprint density at radius 2 is 2.28 bits per heavy atom. The molecule has 1 atom stereocenters. The maximum absolute atomic E-state index is 11.7. The summed E-state index contributed by atoms with van der Waals surface area (Å²) in [6.07, 6.45) is 8.28. The Labute approximate surface area is 108 Å². The number of amides is 1. The molecule has 0 fully saturated rings. The van der Waals surface area contributed by atoms with Crippen LogP contribution in [0.25, 0.3) is 0 Å². The zero-order chi connectivity index (χ0) is 13.4. The number of Topliss-reactive ketones (excluding diaryl/α,β-unsaturated/α-hetero) is 1. The van der Waals surface area contributed by atoms with E-state index in [1.807, 2.05) is 6.08 Å². The van der Waals surface area contributed by atoms with E-state index in [0.29, 0.717) is 19.4 Å². The van der Waals surface area contributed by atoms with Crippen molar-refractivity contribution in [1.82, 2.24) is 5.32 Å². The van der Waals surface area contributed by atoms with Crippen molar-refractivity contribution in [3.05, 3.63) is 24.8 Å². The van der Waals surface area contributed by atoms with Crippen LogP contribution in [0.4, 0.5) is 4.79 Å². The fourth-order valence-electron chi connectivity index (χ4n) is 1.97. The molecule has 0 radical (unpaired) electrons. The first-order chi connectivity index (χ1) is 8.60. The van der Waals surface area contributed by atoms with Crippen LogP contribution in [0.5, 0.6) is 0 Å². The second-order valence-electron chi connectivity index (χ2n) is 4.63. The van der Waals surface area contributed by atoms with E-state index in [1.165, 1.54) is 0 Å². The quantitative estimate of drug-likeness (QED) is 0.583. The molecule has 1 N–H and O–H groups in total. The Balaban J connectivity index is 2.43. The van der Waals surface area contributed by atoms with Crippen LogP contribution < -0.4 is 5.32 Å². The highest BCUT2D eigenvalue weighted by Crippen LogP contribution is 2.34. The molecule has 0 aromatic heterocycles. The van der Waals surface area contributed by atoms with Crippen molar-refractivity contribution in [3.63, 3.8) is 0 Å². The smallest absolute Gasteiger partial charge is 0.407 e. The maximum Gasteiger partial charge on any atom is 0.407 e. The molecule has 4 heteroatoms. The third-order valence-electron chi connectivity index (χ3n) is 3.31. The molecule has 0 heterocycles. The fraction of sp³-hybridized carbons (Fsp3) is 0.571. The van der Waals surface area contributed by atoms with Gasteiger partial charge in [0.1, 0.15) is 12.4 Å². The first-order valence-corrected chi connectivity index (χ1v) is 6.28. The zero-order valence-corrected chi connectivity index (χ0v) is 10.9. The monoisotopic (exact) mass is 251 g/mol. The summed E-state index contributed by atoms with van der Waals surface area (Å²) in [5.41, 5.74) is -0.523. The van der Waals surface area contributed by atoms with E-state index >= 15 is 0 Å². The van der Waals surface area contributed by atoms with Crippen LogP contribution in [0.2, 0.25) is 0 Å². The molecule has 0 aliphatic heterocycles. The zero-order valence-electron chi connectivity index (χ0n) is 10.9. The fourth-order valence-corrected chi connectivity index (χ4v) is 1.97. The van der Waals surface area contributed by atoms with Crippen molar-refractivity contribution in [3.8, 4) is 0 Å². The van der Waals surface area contributed by atoms with Gasteiger partial charge in [0.05, 0.1) is 5.41 Å². The van der Waals surface area contributed by atoms with Crippen LogP contribution in [0.15, 0.2) is 24.8 Å². The molecule has 1 aliphatic rings. The van der Waals surface area contributed by atoms with Crippen LogP contribution in [-0.2, 0) is 9.53 Å². The third kappa shape index (κ3) is 4.02. The first-order valence-electron chi connectivity index (χ1n) is 6.28. The lowest BCUT2D eigenvalue weighted by molar-refractivity contribution is -0.129. The van der Waals surface area contributed by atoms with E-state index < -0.39 is 11.5 Å². The first kappa shape index (κ1) is 14.5. The number of carbonyl (C=O) groups is 2. The summed E-state index contributed by atoms with van der Waals surface area (Å²) in [7, 11) is 0. The van der Waals surface area contributed by atoms with E-state index in [1.54, 1.807) is 13.0 Å². The van der Waals surface area contributed by atoms with Gasteiger partial charge in [0.15, 0.2) is 0 Å². The summed E-state index contributed by atoms with van der Waals surface area (Å²) in [4.78, 5) is 23.2. The van der Waals surface area contributed by atoms with Crippen molar-refractivity contribution >= 4 is 11.9 Å². The lowest BCUT2D eigenvalue weighted by Gasteiger charge is -2.31. The summed E-state index contributed by atoms with van der Waals surface area (Å²) in [6, 6.07) is 0. The molecule has 0 bridgehead atoms. The van der Waals surface area contributed by atoms with Gasteiger partial charge in [0, 0.05) is 6.54 Å². The molecule has 100 valence electrons. The van der Waals surface area contributed by atoms with Gasteiger partial charge in [-0.15, -0.1) is 6.58 Å². The third-order valence-corrected chi connectivity index (χ3v) is 3.31. The summed E-state index contributed by atoms with van der Waals surface area (Å²) < 4.78 is 5.15. The molecule has 1 amide bonds. The standard InChI is InChI=1S/C14H21NO3/c1-3-4-10-15-13(17)18-11-14(12(2)16)8-6-5-7-9-14/h3,5-6H,1,4,7-11H2,2H3,(H,15,17). The summed E-state index contributed by atoms with van der Waals surface area (Å²) >= 11 is 0. The lowest BCUT2D eigenvalue weighted by atomic mass is 9.75. The number of carbonyl (C=O) groups excluding carboxylic acids is 2. The summed E-state index contributed by atoms with van der Waals surface area (Å²) in [5, 5.41) is 2.62. The van der Waals surface area contributed by atoms with E-state index in [0.717, 1.165) is 12.8 Å². The molecule has 0 saturated heterocycles. The largest absolute Gasteiger partial charge is 0.448 e. The van der Waals surface area contributed by atoms with E-state index in [9.17, 15) is 9.59 Å². The van der Waals surface area contributed by atoms with Crippen molar-refractivity contribution in [2.75, 3.05) is 13.2 Å². The molecular formula is C14H21NO3. The molecule has 18 heavy (non-hydrogen) atoms.